The largest absolute Gasteiger partial charge is 0.382 e. The molecule has 0 saturated heterocycles. The van der Waals surface area contributed by atoms with E-state index in [-0.39, 0.29) is 16.7 Å². The lowest BCUT2D eigenvalue weighted by Gasteiger charge is -2.22. The molecule has 0 saturated carbocycles. The van der Waals surface area contributed by atoms with E-state index in [0.29, 0.717) is 22.5 Å². The maximum Gasteiger partial charge on any atom is 0.294 e. The molecule has 152 valence electrons. The fourth-order valence-corrected chi connectivity index (χ4v) is 3.52. The summed E-state index contributed by atoms with van der Waals surface area (Å²) in [5.41, 5.74) is 15.0. The van der Waals surface area contributed by atoms with Gasteiger partial charge in [-0.15, -0.1) is 0 Å². The molecule has 0 spiro atoms. The first-order valence-electron chi connectivity index (χ1n) is 8.70. The summed E-state index contributed by atoms with van der Waals surface area (Å²) in [4.78, 5) is 18.5. The third kappa shape index (κ3) is 3.58. The van der Waals surface area contributed by atoms with Crippen LogP contribution in [0.5, 0.6) is 0 Å². The SMILES string of the molecule is CN(c1ccc(S(=O)(=O)O)cc1)c1ccccc1-c1cnc2nc(N)nc(N)c2n1. The molecular weight excluding hydrogens is 406 g/mol. The number of nitrogen functional groups attached to an aromatic ring is 2. The summed E-state index contributed by atoms with van der Waals surface area (Å²) in [6.45, 7) is 0. The summed E-state index contributed by atoms with van der Waals surface area (Å²) in [6, 6.07) is 13.4. The summed E-state index contributed by atoms with van der Waals surface area (Å²) in [5.74, 6) is 0.161. The van der Waals surface area contributed by atoms with Gasteiger partial charge < -0.3 is 16.4 Å². The monoisotopic (exact) mass is 423 g/mol. The molecule has 0 bridgehead atoms. The maximum absolute atomic E-state index is 11.3. The molecule has 4 aromatic rings. The molecule has 2 aromatic carbocycles. The van der Waals surface area contributed by atoms with E-state index in [1.165, 1.54) is 12.1 Å². The van der Waals surface area contributed by atoms with Crippen LogP contribution in [0, 0.1) is 0 Å². The van der Waals surface area contributed by atoms with Crippen LogP contribution >= 0.6 is 0 Å². The first kappa shape index (κ1) is 19.5. The normalized spacial score (nSPS) is 11.5. The highest BCUT2D eigenvalue weighted by atomic mass is 32.2. The molecule has 2 aromatic heterocycles. The predicted octanol–water partition coefficient (Wildman–Crippen LogP) is 2.27. The maximum atomic E-state index is 11.3. The Balaban J connectivity index is 1.78. The fraction of sp³-hybridized carbons (Fsp3) is 0.0526. The number of fused-ring (bicyclic) bond motifs is 1. The molecule has 10 nitrogen and oxygen atoms in total. The Hall–Kier alpha value is -3.83. The zero-order valence-corrected chi connectivity index (χ0v) is 16.6. The third-order valence-corrected chi connectivity index (χ3v) is 5.38. The Morgan fingerprint density at radius 1 is 0.967 bits per heavy atom. The van der Waals surface area contributed by atoms with Gasteiger partial charge >= 0.3 is 0 Å². The number of benzene rings is 2. The van der Waals surface area contributed by atoms with E-state index in [0.717, 1.165) is 11.3 Å². The van der Waals surface area contributed by atoms with Crippen LogP contribution in [0.3, 0.4) is 0 Å². The Kier molecular flexibility index (Phi) is 4.68. The van der Waals surface area contributed by atoms with Gasteiger partial charge in [-0.05, 0) is 30.3 Å². The van der Waals surface area contributed by atoms with E-state index < -0.39 is 10.1 Å². The van der Waals surface area contributed by atoms with Crippen LogP contribution in [0.4, 0.5) is 23.1 Å². The minimum Gasteiger partial charge on any atom is -0.382 e. The number of rotatable bonds is 4. The molecule has 2 heterocycles. The Bertz CT molecular complexity index is 1360. The van der Waals surface area contributed by atoms with Crippen molar-refractivity contribution in [3.05, 3.63) is 54.7 Å². The molecule has 0 amide bonds. The van der Waals surface area contributed by atoms with Gasteiger partial charge in [0.2, 0.25) is 5.95 Å². The second kappa shape index (κ2) is 7.21. The third-order valence-electron chi connectivity index (χ3n) is 4.51. The van der Waals surface area contributed by atoms with Gasteiger partial charge in [-0.2, -0.15) is 18.4 Å². The van der Waals surface area contributed by atoms with Crippen LogP contribution < -0.4 is 16.4 Å². The Labute approximate surface area is 172 Å². The summed E-state index contributed by atoms with van der Waals surface area (Å²) < 4.78 is 31.7. The van der Waals surface area contributed by atoms with Crippen molar-refractivity contribution < 1.29 is 13.0 Å². The van der Waals surface area contributed by atoms with Crippen molar-refractivity contribution in [2.45, 2.75) is 4.90 Å². The molecule has 0 atom stereocenters. The van der Waals surface area contributed by atoms with Crippen LogP contribution in [0.1, 0.15) is 0 Å². The summed E-state index contributed by atoms with van der Waals surface area (Å²) >= 11 is 0. The van der Waals surface area contributed by atoms with Gasteiger partial charge in [-0.1, -0.05) is 18.2 Å². The van der Waals surface area contributed by atoms with Crippen LogP contribution in [-0.4, -0.2) is 40.0 Å². The molecule has 0 unspecified atom stereocenters. The second-order valence-corrected chi connectivity index (χ2v) is 7.86. The highest BCUT2D eigenvalue weighted by molar-refractivity contribution is 7.85. The van der Waals surface area contributed by atoms with Crippen molar-refractivity contribution in [1.29, 1.82) is 0 Å². The highest BCUT2D eigenvalue weighted by Crippen LogP contribution is 2.34. The summed E-state index contributed by atoms with van der Waals surface area (Å²) in [7, 11) is -2.43. The summed E-state index contributed by atoms with van der Waals surface area (Å²) in [6.07, 6.45) is 1.57. The molecule has 0 aliphatic heterocycles. The van der Waals surface area contributed by atoms with Gasteiger partial charge in [0.1, 0.15) is 0 Å². The predicted molar refractivity (Wildman–Crippen MR) is 114 cm³/mol. The van der Waals surface area contributed by atoms with Crippen LogP contribution in [0.2, 0.25) is 0 Å². The fourth-order valence-electron chi connectivity index (χ4n) is 3.04. The molecule has 11 heteroatoms. The van der Waals surface area contributed by atoms with Crippen LogP contribution in [0.25, 0.3) is 22.4 Å². The summed E-state index contributed by atoms with van der Waals surface area (Å²) in [5, 5.41) is 0. The number of hydrogen-bond donors (Lipinski definition) is 3. The zero-order chi connectivity index (χ0) is 21.5. The van der Waals surface area contributed by atoms with E-state index in [9.17, 15) is 8.42 Å². The molecule has 5 N–H and O–H groups in total. The number of nitrogens with two attached hydrogens (primary N) is 2. The van der Waals surface area contributed by atoms with Crippen molar-refractivity contribution in [1.82, 2.24) is 19.9 Å². The van der Waals surface area contributed by atoms with Crippen molar-refractivity contribution in [3.8, 4) is 11.3 Å². The molecule has 0 aliphatic rings. The van der Waals surface area contributed by atoms with Crippen molar-refractivity contribution in [3.63, 3.8) is 0 Å². The van der Waals surface area contributed by atoms with Gasteiger partial charge in [-0.3, -0.25) is 4.55 Å². The standard InChI is InChI=1S/C19H17N7O3S/c1-26(11-6-8-12(9-7-11)30(27,28)29)15-5-3-2-4-13(15)14-10-22-18-16(23-14)17(20)24-19(21)25-18/h2-10H,1H3,(H,27,28,29)(H4,20,21,22,24,25). The Morgan fingerprint density at radius 3 is 2.37 bits per heavy atom. The van der Waals surface area contributed by atoms with Crippen molar-refractivity contribution in [2.24, 2.45) is 0 Å². The lowest BCUT2D eigenvalue weighted by molar-refractivity contribution is 0.483. The number of hydrogen-bond acceptors (Lipinski definition) is 9. The number of nitrogens with zero attached hydrogens (tertiary/aromatic N) is 5. The van der Waals surface area contributed by atoms with Crippen molar-refractivity contribution >= 4 is 44.4 Å². The van der Waals surface area contributed by atoms with E-state index in [4.69, 9.17) is 16.0 Å². The lowest BCUT2D eigenvalue weighted by Crippen LogP contribution is -2.11. The molecule has 30 heavy (non-hydrogen) atoms. The average Bonchev–Trinajstić information content (AvgIpc) is 2.72. The molecule has 0 radical (unpaired) electrons. The minimum absolute atomic E-state index is 0.0236. The molecule has 0 fully saturated rings. The number of para-hydroxylation sites is 1. The van der Waals surface area contributed by atoms with Gasteiger partial charge in [0.15, 0.2) is 17.0 Å². The van der Waals surface area contributed by atoms with Gasteiger partial charge in [0, 0.05) is 18.3 Å². The van der Waals surface area contributed by atoms with E-state index in [2.05, 4.69) is 19.9 Å². The van der Waals surface area contributed by atoms with E-state index in [1.54, 1.807) is 18.3 Å². The molecule has 0 aliphatic carbocycles. The zero-order valence-electron chi connectivity index (χ0n) is 15.8. The first-order chi connectivity index (χ1) is 14.2. The number of anilines is 4. The lowest BCUT2D eigenvalue weighted by atomic mass is 10.1. The number of aromatic nitrogens is 4. The smallest absolute Gasteiger partial charge is 0.294 e. The molecule has 4 rings (SSSR count). The average molecular weight is 423 g/mol. The van der Waals surface area contributed by atoms with Crippen molar-refractivity contribution in [2.75, 3.05) is 23.4 Å². The van der Waals surface area contributed by atoms with Gasteiger partial charge in [0.25, 0.3) is 10.1 Å². The van der Waals surface area contributed by atoms with E-state index >= 15 is 0 Å². The quantitative estimate of drug-likeness (QED) is 0.415. The Morgan fingerprint density at radius 2 is 1.67 bits per heavy atom. The van der Waals surface area contributed by atoms with Crippen LogP contribution in [0.15, 0.2) is 59.6 Å². The van der Waals surface area contributed by atoms with Crippen LogP contribution in [-0.2, 0) is 10.1 Å². The molecular formula is C19H17N7O3S. The van der Waals surface area contributed by atoms with Gasteiger partial charge in [0.05, 0.1) is 22.5 Å². The van der Waals surface area contributed by atoms with E-state index in [1.807, 2.05) is 36.2 Å². The topological polar surface area (TPSA) is 161 Å². The second-order valence-electron chi connectivity index (χ2n) is 6.44. The highest BCUT2D eigenvalue weighted by Gasteiger charge is 2.15. The van der Waals surface area contributed by atoms with Gasteiger partial charge in [-0.25, -0.2) is 9.97 Å². The first-order valence-corrected chi connectivity index (χ1v) is 10.1. The minimum atomic E-state index is -4.26.